The molecular formula is C24H24FN5O2. The van der Waals surface area contributed by atoms with Crippen LogP contribution in [0.25, 0.3) is 21.9 Å². The van der Waals surface area contributed by atoms with Crippen molar-refractivity contribution in [2.24, 2.45) is 5.41 Å². The summed E-state index contributed by atoms with van der Waals surface area (Å²) < 4.78 is 24.9. The maximum atomic E-state index is 14.0. The van der Waals surface area contributed by atoms with E-state index in [0.29, 0.717) is 22.2 Å². The highest BCUT2D eigenvalue weighted by atomic mass is 19.1. The van der Waals surface area contributed by atoms with E-state index in [1.807, 2.05) is 32.2 Å². The van der Waals surface area contributed by atoms with Crippen molar-refractivity contribution in [2.75, 3.05) is 36.5 Å². The molecular weight excluding hydrogens is 409 g/mol. The van der Waals surface area contributed by atoms with Crippen molar-refractivity contribution in [3.8, 4) is 0 Å². The number of anilines is 2. The monoisotopic (exact) mass is 433 g/mol. The molecule has 164 valence electrons. The van der Waals surface area contributed by atoms with Crippen LogP contribution in [0, 0.1) is 18.2 Å². The molecule has 0 saturated carbocycles. The van der Waals surface area contributed by atoms with Crippen molar-refractivity contribution in [3.05, 3.63) is 53.8 Å². The van der Waals surface area contributed by atoms with Gasteiger partial charge >= 0.3 is 0 Å². The van der Waals surface area contributed by atoms with Crippen LogP contribution in [0.5, 0.6) is 0 Å². The van der Waals surface area contributed by atoms with Gasteiger partial charge in [0.1, 0.15) is 11.8 Å². The van der Waals surface area contributed by atoms with Gasteiger partial charge in [-0.05, 0) is 32.4 Å². The van der Waals surface area contributed by atoms with E-state index in [9.17, 15) is 4.39 Å². The second-order valence-electron chi connectivity index (χ2n) is 9.06. The van der Waals surface area contributed by atoms with Crippen LogP contribution >= 0.6 is 0 Å². The van der Waals surface area contributed by atoms with E-state index >= 15 is 0 Å². The van der Waals surface area contributed by atoms with E-state index in [1.54, 1.807) is 6.07 Å². The molecule has 0 radical (unpaired) electrons. The predicted molar refractivity (Wildman–Crippen MR) is 120 cm³/mol. The normalized spacial score (nSPS) is 18.4. The molecule has 1 atom stereocenters. The number of hydrogen-bond acceptors (Lipinski definition) is 7. The van der Waals surface area contributed by atoms with Crippen LogP contribution in [0.2, 0.25) is 0 Å². The molecule has 2 saturated heterocycles. The fraction of sp³-hybridized carbons (Fsp3) is 0.375. The zero-order valence-corrected chi connectivity index (χ0v) is 18.1. The first-order valence-electron chi connectivity index (χ1n) is 10.9. The van der Waals surface area contributed by atoms with Crippen molar-refractivity contribution < 1.29 is 13.5 Å². The van der Waals surface area contributed by atoms with Gasteiger partial charge in [0.25, 0.3) is 0 Å². The summed E-state index contributed by atoms with van der Waals surface area (Å²) >= 11 is 0. The Morgan fingerprint density at radius 3 is 2.88 bits per heavy atom. The highest BCUT2D eigenvalue weighted by Crippen LogP contribution is 2.40. The Kier molecular flexibility index (Phi) is 4.33. The Morgan fingerprint density at radius 2 is 2.09 bits per heavy atom. The SMILES string of the molecule is Cc1nnc(N[C@H](C)c2cccc3c(F)coc23)c2cc(N3CCC4(COC4)C3)cnc12. The first-order chi connectivity index (χ1) is 15.5. The molecule has 1 aromatic carbocycles. The van der Waals surface area contributed by atoms with Gasteiger partial charge in [0.05, 0.1) is 47.7 Å². The Balaban J connectivity index is 1.36. The van der Waals surface area contributed by atoms with Gasteiger partial charge in [-0.1, -0.05) is 12.1 Å². The number of nitrogens with zero attached hydrogens (tertiary/aromatic N) is 4. The van der Waals surface area contributed by atoms with Gasteiger partial charge in [-0.2, -0.15) is 5.10 Å². The number of hydrogen-bond donors (Lipinski definition) is 1. The van der Waals surface area contributed by atoms with E-state index in [-0.39, 0.29) is 11.9 Å². The summed E-state index contributed by atoms with van der Waals surface area (Å²) in [5.41, 5.74) is 4.38. The molecule has 0 aliphatic carbocycles. The lowest BCUT2D eigenvalue weighted by Crippen LogP contribution is -2.44. The summed E-state index contributed by atoms with van der Waals surface area (Å²) in [6.45, 7) is 7.59. The van der Waals surface area contributed by atoms with Crippen molar-refractivity contribution >= 4 is 33.4 Å². The summed E-state index contributed by atoms with van der Waals surface area (Å²) in [4.78, 5) is 7.11. The number of ether oxygens (including phenoxy) is 1. The largest absolute Gasteiger partial charge is 0.461 e. The smallest absolute Gasteiger partial charge is 0.169 e. The Labute approximate surface area is 184 Å². The molecule has 2 fully saturated rings. The van der Waals surface area contributed by atoms with E-state index < -0.39 is 0 Å². The standard InChI is InChI=1S/C24H24FN5O2/c1-14(17-4-3-5-18-20(25)10-32-22(17)18)27-23-19-8-16(9-26-21(19)15(2)28-29-23)30-7-6-24(11-30)12-31-13-24/h3-5,8-10,14H,6-7,11-13H2,1-2H3,(H,27,29)/t14-/m1/s1. The highest BCUT2D eigenvalue weighted by Gasteiger charge is 2.44. The molecule has 7 nitrogen and oxygen atoms in total. The van der Waals surface area contributed by atoms with Crippen LogP contribution in [-0.2, 0) is 4.74 Å². The van der Waals surface area contributed by atoms with Gasteiger partial charge < -0.3 is 19.4 Å². The van der Waals surface area contributed by atoms with Gasteiger partial charge in [-0.3, -0.25) is 4.98 Å². The molecule has 0 amide bonds. The number of rotatable bonds is 4. The molecule has 0 unspecified atom stereocenters. The summed E-state index contributed by atoms with van der Waals surface area (Å²) in [6, 6.07) is 7.46. The van der Waals surface area contributed by atoms with Gasteiger partial charge in [0.15, 0.2) is 11.6 Å². The molecule has 4 aromatic rings. The molecule has 32 heavy (non-hydrogen) atoms. The van der Waals surface area contributed by atoms with Gasteiger partial charge in [-0.25, -0.2) is 4.39 Å². The molecule has 8 heteroatoms. The van der Waals surface area contributed by atoms with E-state index in [1.165, 1.54) is 0 Å². The number of furan rings is 1. The van der Waals surface area contributed by atoms with Crippen LogP contribution in [0.3, 0.4) is 0 Å². The first kappa shape index (κ1) is 19.4. The second kappa shape index (κ2) is 7.13. The minimum absolute atomic E-state index is 0.171. The molecule has 3 aromatic heterocycles. The van der Waals surface area contributed by atoms with Crippen LogP contribution in [0.1, 0.15) is 30.6 Å². The minimum atomic E-state index is -0.358. The van der Waals surface area contributed by atoms with Crippen LogP contribution in [-0.4, -0.2) is 41.5 Å². The lowest BCUT2D eigenvalue weighted by atomic mass is 9.85. The van der Waals surface area contributed by atoms with Gasteiger partial charge in [0.2, 0.25) is 0 Å². The van der Waals surface area contributed by atoms with Gasteiger partial charge in [-0.15, -0.1) is 5.10 Å². The first-order valence-corrected chi connectivity index (χ1v) is 10.9. The topological polar surface area (TPSA) is 76.3 Å². The molecule has 1 N–H and O–H groups in total. The molecule has 0 bridgehead atoms. The number of fused-ring (bicyclic) bond motifs is 2. The maximum Gasteiger partial charge on any atom is 0.169 e. The minimum Gasteiger partial charge on any atom is -0.461 e. The summed E-state index contributed by atoms with van der Waals surface area (Å²) in [6.07, 6.45) is 4.22. The maximum absolute atomic E-state index is 14.0. The lowest BCUT2D eigenvalue weighted by molar-refractivity contribution is -0.0985. The number of para-hydroxylation sites is 1. The Morgan fingerprint density at radius 1 is 1.22 bits per heavy atom. The van der Waals surface area contributed by atoms with Crippen molar-refractivity contribution in [2.45, 2.75) is 26.3 Å². The number of halogens is 1. The molecule has 2 aliphatic heterocycles. The third-order valence-corrected chi connectivity index (χ3v) is 6.79. The summed E-state index contributed by atoms with van der Waals surface area (Å²) in [5.74, 6) is 0.293. The molecule has 2 aliphatic rings. The highest BCUT2D eigenvalue weighted by molar-refractivity contribution is 5.92. The average Bonchev–Trinajstić information content (AvgIpc) is 3.40. The third-order valence-electron chi connectivity index (χ3n) is 6.79. The lowest BCUT2D eigenvalue weighted by Gasteiger charge is -2.37. The predicted octanol–water partition coefficient (Wildman–Crippen LogP) is 4.62. The summed E-state index contributed by atoms with van der Waals surface area (Å²) in [7, 11) is 0. The quantitative estimate of drug-likeness (QED) is 0.503. The molecule has 6 rings (SSSR count). The number of benzene rings is 1. The fourth-order valence-corrected chi connectivity index (χ4v) is 4.88. The zero-order valence-electron chi connectivity index (χ0n) is 18.1. The third kappa shape index (κ3) is 3.01. The Bertz CT molecular complexity index is 1330. The summed E-state index contributed by atoms with van der Waals surface area (Å²) in [5, 5.41) is 13.6. The molecule has 5 heterocycles. The number of aromatic nitrogens is 3. The van der Waals surface area contributed by atoms with Crippen LogP contribution < -0.4 is 10.2 Å². The van der Waals surface area contributed by atoms with E-state index in [4.69, 9.17) is 14.1 Å². The Hall–Kier alpha value is -3.26. The van der Waals surface area contributed by atoms with E-state index in [2.05, 4.69) is 26.5 Å². The van der Waals surface area contributed by atoms with Crippen molar-refractivity contribution in [1.29, 1.82) is 0 Å². The number of nitrogens with one attached hydrogen (secondary N) is 1. The van der Waals surface area contributed by atoms with Crippen LogP contribution in [0.15, 0.2) is 41.1 Å². The van der Waals surface area contributed by atoms with Crippen LogP contribution in [0.4, 0.5) is 15.9 Å². The second-order valence-corrected chi connectivity index (χ2v) is 9.06. The number of pyridine rings is 1. The van der Waals surface area contributed by atoms with E-state index in [0.717, 1.165) is 66.8 Å². The molecule has 1 spiro atoms. The number of aryl methyl sites for hydroxylation is 1. The average molecular weight is 433 g/mol. The van der Waals surface area contributed by atoms with Crippen molar-refractivity contribution in [3.63, 3.8) is 0 Å². The zero-order chi connectivity index (χ0) is 21.9. The fourth-order valence-electron chi connectivity index (χ4n) is 4.88. The van der Waals surface area contributed by atoms with Crippen molar-refractivity contribution in [1.82, 2.24) is 15.2 Å². The van der Waals surface area contributed by atoms with Gasteiger partial charge in [0, 0.05) is 29.5 Å².